The summed E-state index contributed by atoms with van der Waals surface area (Å²) in [5, 5.41) is 7.02. The monoisotopic (exact) mass is 492 g/mol. The molecule has 0 saturated carbocycles. The van der Waals surface area contributed by atoms with E-state index in [-0.39, 0.29) is 30.9 Å². The predicted molar refractivity (Wildman–Crippen MR) is 130 cm³/mol. The zero-order valence-electron chi connectivity index (χ0n) is 20.1. The molecule has 0 spiro atoms. The third kappa shape index (κ3) is 5.27. The molecule has 1 N–H and O–H groups in total. The molecule has 2 amide bonds. The van der Waals surface area contributed by atoms with Gasteiger partial charge in [-0.05, 0) is 49.2 Å². The van der Waals surface area contributed by atoms with Crippen molar-refractivity contribution in [1.29, 1.82) is 0 Å². The van der Waals surface area contributed by atoms with Crippen molar-refractivity contribution in [3.63, 3.8) is 0 Å². The number of anilines is 1. The summed E-state index contributed by atoms with van der Waals surface area (Å²) in [5.74, 6) is 2.69. The highest BCUT2D eigenvalue weighted by Gasteiger charge is 2.35. The number of hydrogen-bond acceptors (Lipinski definition) is 8. The number of unbranched alkanes of at least 4 members (excludes halogenated alkanes) is 2. The number of amides is 2. The van der Waals surface area contributed by atoms with E-state index in [1.54, 1.807) is 24.1 Å². The maximum atomic E-state index is 12.6. The molecule has 1 atom stereocenters. The molecular formula is C26H28N4O6. The molecule has 10 heteroatoms. The van der Waals surface area contributed by atoms with Crippen LogP contribution in [0.4, 0.5) is 5.69 Å². The Morgan fingerprint density at radius 1 is 1.11 bits per heavy atom. The molecule has 3 heterocycles. The van der Waals surface area contributed by atoms with Crippen molar-refractivity contribution in [3.8, 4) is 28.6 Å². The molecule has 2 aliphatic heterocycles. The molecule has 3 aromatic rings. The van der Waals surface area contributed by atoms with Crippen LogP contribution in [0.3, 0.4) is 0 Å². The zero-order chi connectivity index (χ0) is 24.9. The highest BCUT2D eigenvalue weighted by Crippen LogP contribution is 2.37. The van der Waals surface area contributed by atoms with Crippen molar-refractivity contribution in [2.45, 2.75) is 32.1 Å². The normalized spacial score (nSPS) is 16.4. The fourth-order valence-electron chi connectivity index (χ4n) is 4.33. The number of hydrogen-bond donors (Lipinski definition) is 1. The summed E-state index contributed by atoms with van der Waals surface area (Å²) in [7, 11) is 1.62. The summed E-state index contributed by atoms with van der Waals surface area (Å²) in [5.41, 5.74) is 1.59. The van der Waals surface area contributed by atoms with Gasteiger partial charge in [0.15, 0.2) is 11.5 Å². The summed E-state index contributed by atoms with van der Waals surface area (Å²) in [6, 6.07) is 12.9. The number of nitrogens with one attached hydrogen (secondary N) is 1. The topological polar surface area (TPSA) is 116 Å². The Labute approximate surface area is 208 Å². The molecule has 2 aliphatic rings. The number of ether oxygens (including phenoxy) is 3. The van der Waals surface area contributed by atoms with Crippen LogP contribution in [0.5, 0.6) is 17.2 Å². The molecule has 36 heavy (non-hydrogen) atoms. The van der Waals surface area contributed by atoms with E-state index in [0.717, 1.165) is 36.3 Å². The molecule has 1 aromatic heterocycles. The molecule has 1 fully saturated rings. The SMILES string of the molecule is COc1ccc(-c2noc(CCCCCNC(=O)C3CC(=O)N(c4ccc5c(c4)OCO5)C3)n2)cc1. The number of aryl methyl sites for hydroxylation is 1. The Morgan fingerprint density at radius 2 is 1.94 bits per heavy atom. The molecule has 0 radical (unpaired) electrons. The fraction of sp³-hybridized carbons (Fsp3) is 0.385. The van der Waals surface area contributed by atoms with Crippen LogP contribution in [-0.2, 0) is 16.0 Å². The van der Waals surface area contributed by atoms with Crippen LogP contribution < -0.4 is 24.4 Å². The second kappa shape index (κ2) is 10.7. The van der Waals surface area contributed by atoms with Crippen LogP contribution in [0.1, 0.15) is 31.6 Å². The number of carbonyl (C=O) groups is 2. The Morgan fingerprint density at radius 3 is 2.78 bits per heavy atom. The zero-order valence-corrected chi connectivity index (χ0v) is 20.1. The van der Waals surface area contributed by atoms with Crippen LogP contribution in [0.25, 0.3) is 11.4 Å². The van der Waals surface area contributed by atoms with E-state index in [1.165, 1.54) is 0 Å². The van der Waals surface area contributed by atoms with Gasteiger partial charge in [0.05, 0.1) is 13.0 Å². The number of aromatic nitrogens is 2. The fourth-order valence-corrected chi connectivity index (χ4v) is 4.33. The number of methoxy groups -OCH3 is 1. The van der Waals surface area contributed by atoms with Crippen molar-refractivity contribution in [3.05, 3.63) is 48.4 Å². The van der Waals surface area contributed by atoms with E-state index in [4.69, 9.17) is 18.7 Å². The molecule has 1 unspecified atom stereocenters. The summed E-state index contributed by atoms with van der Waals surface area (Å²) < 4.78 is 21.2. The minimum atomic E-state index is -0.363. The van der Waals surface area contributed by atoms with E-state index in [9.17, 15) is 9.59 Å². The van der Waals surface area contributed by atoms with Crippen molar-refractivity contribution < 1.29 is 28.3 Å². The lowest BCUT2D eigenvalue weighted by atomic mass is 10.1. The third-order valence-corrected chi connectivity index (χ3v) is 6.35. The number of rotatable bonds is 10. The highest BCUT2D eigenvalue weighted by molar-refractivity contribution is 6.00. The van der Waals surface area contributed by atoms with Gasteiger partial charge in [-0.2, -0.15) is 4.98 Å². The van der Waals surface area contributed by atoms with Gasteiger partial charge in [-0.3, -0.25) is 9.59 Å². The van der Waals surface area contributed by atoms with Crippen LogP contribution in [0.2, 0.25) is 0 Å². The first-order valence-electron chi connectivity index (χ1n) is 12.1. The molecular weight excluding hydrogens is 464 g/mol. The molecule has 5 rings (SSSR count). The predicted octanol–water partition coefficient (Wildman–Crippen LogP) is 3.36. The van der Waals surface area contributed by atoms with Gasteiger partial charge in [-0.1, -0.05) is 11.6 Å². The van der Waals surface area contributed by atoms with Gasteiger partial charge in [0.25, 0.3) is 0 Å². The Bertz CT molecular complexity index is 1230. The van der Waals surface area contributed by atoms with Gasteiger partial charge in [-0.25, -0.2) is 0 Å². The first kappa shape index (κ1) is 23.7. The van der Waals surface area contributed by atoms with Crippen LogP contribution >= 0.6 is 0 Å². The second-order valence-corrected chi connectivity index (χ2v) is 8.78. The minimum absolute atomic E-state index is 0.0671. The first-order chi connectivity index (χ1) is 17.6. The summed E-state index contributed by atoms with van der Waals surface area (Å²) in [6.07, 6.45) is 3.50. The van der Waals surface area contributed by atoms with Crippen molar-refractivity contribution in [2.24, 2.45) is 5.92 Å². The Balaban J connectivity index is 1.01. The average Bonchev–Trinajstić information content (AvgIpc) is 3.65. The van der Waals surface area contributed by atoms with E-state index in [1.807, 2.05) is 30.3 Å². The Hall–Kier alpha value is -4.08. The van der Waals surface area contributed by atoms with Gasteiger partial charge in [0.2, 0.25) is 30.3 Å². The first-order valence-corrected chi connectivity index (χ1v) is 12.1. The van der Waals surface area contributed by atoms with Crippen molar-refractivity contribution in [2.75, 3.05) is 31.9 Å². The van der Waals surface area contributed by atoms with Gasteiger partial charge in [0.1, 0.15) is 5.75 Å². The lowest BCUT2D eigenvalue weighted by molar-refractivity contribution is -0.126. The van der Waals surface area contributed by atoms with Crippen LogP contribution in [0.15, 0.2) is 47.0 Å². The van der Waals surface area contributed by atoms with Crippen LogP contribution in [0, 0.1) is 5.92 Å². The summed E-state index contributed by atoms with van der Waals surface area (Å²) >= 11 is 0. The summed E-state index contributed by atoms with van der Waals surface area (Å²) in [4.78, 5) is 31.2. The molecule has 10 nitrogen and oxygen atoms in total. The second-order valence-electron chi connectivity index (χ2n) is 8.78. The smallest absolute Gasteiger partial charge is 0.231 e. The van der Waals surface area contributed by atoms with E-state index in [2.05, 4.69) is 15.5 Å². The quantitative estimate of drug-likeness (QED) is 0.429. The largest absolute Gasteiger partial charge is 0.497 e. The molecule has 0 bridgehead atoms. The lowest BCUT2D eigenvalue weighted by Crippen LogP contribution is -2.33. The molecule has 0 aliphatic carbocycles. The summed E-state index contributed by atoms with van der Waals surface area (Å²) in [6.45, 7) is 1.10. The van der Waals surface area contributed by atoms with Gasteiger partial charge >= 0.3 is 0 Å². The Kier molecular flexibility index (Phi) is 7.01. The number of fused-ring (bicyclic) bond motifs is 1. The van der Waals surface area contributed by atoms with Crippen LogP contribution in [-0.4, -0.2) is 48.9 Å². The number of carbonyl (C=O) groups excluding carboxylic acids is 2. The van der Waals surface area contributed by atoms with E-state index < -0.39 is 0 Å². The molecule has 188 valence electrons. The van der Waals surface area contributed by atoms with E-state index >= 15 is 0 Å². The molecule has 1 saturated heterocycles. The average molecular weight is 493 g/mol. The number of benzene rings is 2. The highest BCUT2D eigenvalue weighted by atomic mass is 16.7. The van der Waals surface area contributed by atoms with Crippen molar-refractivity contribution >= 4 is 17.5 Å². The van der Waals surface area contributed by atoms with Gasteiger partial charge < -0.3 is 29.0 Å². The standard InChI is InChI=1S/C26H28N4O6/c1-33-20-9-6-17(7-10-20)25-28-23(36-29-25)5-3-2-4-12-27-26(32)18-13-24(31)30(15-18)19-8-11-21-22(14-19)35-16-34-21/h6-11,14,18H,2-5,12-13,15-16H2,1H3,(H,27,32). The number of nitrogens with zero attached hydrogens (tertiary/aromatic N) is 3. The third-order valence-electron chi connectivity index (χ3n) is 6.35. The van der Waals surface area contributed by atoms with Crippen molar-refractivity contribution in [1.82, 2.24) is 15.5 Å². The minimum Gasteiger partial charge on any atom is -0.497 e. The van der Waals surface area contributed by atoms with E-state index in [0.29, 0.717) is 42.7 Å². The molecule has 2 aromatic carbocycles. The maximum absolute atomic E-state index is 12.6. The lowest BCUT2D eigenvalue weighted by Gasteiger charge is -2.17. The van der Waals surface area contributed by atoms with Gasteiger partial charge in [-0.15, -0.1) is 0 Å². The maximum Gasteiger partial charge on any atom is 0.231 e. The van der Waals surface area contributed by atoms with Gasteiger partial charge in [0, 0.05) is 43.2 Å².